The summed E-state index contributed by atoms with van der Waals surface area (Å²) in [5.74, 6) is 0.464. The molecule has 0 aliphatic heterocycles. The number of pyridine rings is 1. The summed E-state index contributed by atoms with van der Waals surface area (Å²) >= 11 is 0. The van der Waals surface area contributed by atoms with Crippen molar-refractivity contribution in [1.29, 1.82) is 0 Å². The van der Waals surface area contributed by atoms with Gasteiger partial charge in [0, 0.05) is 23.9 Å². The SMILES string of the molecule is COC(C)c1nc2c(c(C3CCCCC3)c1-c1cc(CO)ccc1C(C)(C)C)C(O[Si](C)(C)C(C)(C)C)CC(C)(C)C2. The van der Waals surface area contributed by atoms with Crippen LogP contribution in [0.1, 0.15) is 153 Å². The number of methoxy groups -OCH3 is 1. The maximum Gasteiger partial charge on any atom is 0.192 e. The molecule has 234 valence electrons. The number of hydrogen-bond donors (Lipinski definition) is 1. The topological polar surface area (TPSA) is 51.6 Å². The quantitative estimate of drug-likeness (QED) is 0.325. The van der Waals surface area contributed by atoms with Gasteiger partial charge in [0.05, 0.1) is 24.5 Å². The third kappa shape index (κ3) is 6.75. The minimum absolute atomic E-state index is 0.0228. The van der Waals surface area contributed by atoms with Gasteiger partial charge < -0.3 is 14.3 Å². The molecule has 2 unspecified atom stereocenters. The van der Waals surface area contributed by atoms with Crippen LogP contribution in [0.4, 0.5) is 0 Å². The van der Waals surface area contributed by atoms with Gasteiger partial charge in [0.15, 0.2) is 8.32 Å². The molecule has 0 radical (unpaired) electrons. The van der Waals surface area contributed by atoms with Crippen molar-refractivity contribution in [3.05, 3.63) is 51.8 Å². The fourth-order valence-corrected chi connectivity index (χ4v) is 8.27. The molecule has 4 nitrogen and oxygen atoms in total. The van der Waals surface area contributed by atoms with E-state index < -0.39 is 8.32 Å². The minimum Gasteiger partial charge on any atom is -0.410 e. The second-order valence-electron chi connectivity index (χ2n) is 16.6. The molecular formula is C37H59NO3Si. The van der Waals surface area contributed by atoms with Gasteiger partial charge in [0.2, 0.25) is 0 Å². The lowest BCUT2D eigenvalue weighted by Crippen LogP contribution is -2.44. The standard InChI is InChI=1S/C37H59NO3Si/c1-24(40-10)34-32(27-20-25(23-39)18-19-28(27)35(2,3)4)31(26-16-14-13-15-17-26)33-29(38-34)21-37(8,9)22-30(33)41-42(11,12)36(5,6)7/h18-20,24,26,30,39H,13-17,21-23H2,1-12H3. The molecule has 1 heterocycles. The Labute approximate surface area is 258 Å². The van der Waals surface area contributed by atoms with Crippen molar-refractivity contribution in [2.24, 2.45) is 5.41 Å². The van der Waals surface area contributed by atoms with Crippen molar-refractivity contribution in [3.63, 3.8) is 0 Å². The van der Waals surface area contributed by atoms with Gasteiger partial charge in [-0.05, 0) is 95.8 Å². The molecular weight excluding hydrogens is 534 g/mol. The molecule has 0 spiro atoms. The van der Waals surface area contributed by atoms with Crippen LogP contribution in [0.5, 0.6) is 0 Å². The van der Waals surface area contributed by atoms with Crippen LogP contribution in [0.3, 0.4) is 0 Å². The summed E-state index contributed by atoms with van der Waals surface area (Å²) in [5, 5.41) is 10.4. The van der Waals surface area contributed by atoms with Crippen molar-refractivity contribution < 1.29 is 14.3 Å². The number of hydrogen-bond acceptors (Lipinski definition) is 4. The first-order valence-corrected chi connectivity index (χ1v) is 19.3. The third-order valence-electron chi connectivity index (χ3n) is 10.4. The highest BCUT2D eigenvalue weighted by atomic mass is 28.4. The van der Waals surface area contributed by atoms with Gasteiger partial charge in [-0.3, -0.25) is 4.98 Å². The average Bonchev–Trinajstić information content (AvgIpc) is 2.89. The summed E-state index contributed by atoms with van der Waals surface area (Å²) in [6, 6.07) is 6.55. The first-order chi connectivity index (χ1) is 19.4. The Morgan fingerprint density at radius 2 is 1.67 bits per heavy atom. The number of benzene rings is 1. The highest BCUT2D eigenvalue weighted by Gasteiger charge is 2.45. The molecule has 42 heavy (non-hydrogen) atoms. The molecule has 4 rings (SSSR count). The second-order valence-corrected chi connectivity index (χ2v) is 21.3. The molecule has 1 saturated carbocycles. The van der Waals surface area contributed by atoms with Crippen LogP contribution in [0, 0.1) is 5.41 Å². The second kappa shape index (κ2) is 12.1. The zero-order chi connectivity index (χ0) is 31.3. The summed E-state index contributed by atoms with van der Waals surface area (Å²) in [4.78, 5) is 5.58. The molecule has 0 bridgehead atoms. The maximum absolute atomic E-state index is 10.3. The molecule has 0 amide bonds. The van der Waals surface area contributed by atoms with Crippen LogP contribution >= 0.6 is 0 Å². The van der Waals surface area contributed by atoms with E-state index >= 15 is 0 Å². The number of ether oxygens (including phenoxy) is 1. The zero-order valence-electron chi connectivity index (χ0n) is 28.8. The Balaban J connectivity index is 2.16. The van der Waals surface area contributed by atoms with Gasteiger partial charge in [-0.1, -0.05) is 86.8 Å². The highest BCUT2D eigenvalue weighted by Crippen LogP contribution is 2.54. The summed E-state index contributed by atoms with van der Waals surface area (Å²) in [6.07, 6.45) is 8.07. The van der Waals surface area contributed by atoms with E-state index in [0.717, 1.165) is 24.1 Å². The van der Waals surface area contributed by atoms with Gasteiger partial charge in [-0.15, -0.1) is 0 Å². The number of aromatic nitrogens is 1. The van der Waals surface area contributed by atoms with Gasteiger partial charge in [0.25, 0.3) is 0 Å². The number of fused-ring (bicyclic) bond motifs is 1. The summed E-state index contributed by atoms with van der Waals surface area (Å²) < 4.78 is 13.5. The van der Waals surface area contributed by atoms with Gasteiger partial charge in [-0.25, -0.2) is 0 Å². The molecule has 2 aromatic rings. The molecule has 1 fully saturated rings. The van der Waals surface area contributed by atoms with Gasteiger partial charge >= 0.3 is 0 Å². The van der Waals surface area contributed by atoms with E-state index in [0.29, 0.717) is 5.92 Å². The van der Waals surface area contributed by atoms with E-state index in [4.69, 9.17) is 14.1 Å². The summed E-state index contributed by atoms with van der Waals surface area (Å²) in [7, 11) is -0.272. The molecule has 0 saturated heterocycles. The molecule has 5 heteroatoms. The molecule has 2 aliphatic rings. The van der Waals surface area contributed by atoms with Crippen molar-refractivity contribution in [3.8, 4) is 11.1 Å². The largest absolute Gasteiger partial charge is 0.410 e. The van der Waals surface area contributed by atoms with Crippen LogP contribution < -0.4 is 0 Å². The van der Waals surface area contributed by atoms with Crippen LogP contribution in [0.2, 0.25) is 18.1 Å². The smallest absolute Gasteiger partial charge is 0.192 e. The van der Waals surface area contributed by atoms with Crippen LogP contribution in [-0.4, -0.2) is 25.5 Å². The minimum atomic E-state index is -2.08. The molecule has 1 aromatic heterocycles. The molecule has 2 aliphatic carbocycles. The first-order valence-electron chi connectivity index (χ1n) is 16.4. The van der Waals surface area contributed by atoms with E-state index in [1.807, 2.05) is 0 Å². The van der Waals surface area contributed by atoms with Crippen LogP contribution in [0.25, 0.3) is 11.1 Å². The van der Waals surface area contributed by atoms with Crippen molar-refractivity contribution >= 4 is 8.32 Å². The number of rotatable bonds is 7. The van der Waals surface area contributed by atoms with E-state index in [1.54, 1.807) is 7.11 Å². The van der Waals surface area contributed by atoms with Crippen LogP contribution in [-0.2, 0) is 27.6 Å². The zero-order valence-corrected chi connectivity index (χ0v) is 29.8. The van der Waals surface area contributed by atoms with Crippen LogP contribution in [0.15, 0.2) is 18.2 Å². The lowest BCUT2D eigenvalue weighted by Gasteiger charge is -2.46. The number of aliphatic hydroxyl groups excluding tert-OH is 1. The predicted molar refractivity (Wildman–Crippen MR) is 179 cm³/mol. The summed E-state index contributed by atoms with van der Waals surface area (Å²) in [6.45, 7) is 25.6. The summed E-state index contributed by atoms with van der Waals surface area (Å²) in [5.41, 5.74) is 9.82. The fourth-order valence-electron chi connectivity index (χ4n) is 7.00. The maximum atomic E-state index is 10.3. The predicted octanol–water partition coefficient (Wildman–Crippen LogP) is 10.3. The van der Waals surface area contributed by atoms with Crippen molar-refractivity contribution in [1.82, 2.24) is 4.98 Å². The van der Waals surface area contributed by atoms with E-state index in [2.05, 4.69) is 93.6 Å². The number of nitrogens with zero attached hydrogens (tertiary/aromatic N) is 1. The van der Waals surface area contributed by atoms with E-state index in [9.17, 15) is 5.11 Å². The highest BCUT2D eigenvalue weighted by molar-refractivity contribution is 6.74. The normalized spacial score (nSPS) is 20.8. The average molecular weight is 594 g/mol. The van der Waals surface area contributed by atoms with Gasteiger partial charge in [0.1, 0.15) is 0 Å². The molecule has 1 N–H and O–H groups in total. The van der Waals surface area contributed by atoms with Crippen molar-refractivity contribution in [2.45, 2.75) is 156 Å². The number of aliphatic hydroxyl groups is 1. The Hall–Kier alpha value is -1.53. The van der Waals surface area contributed by atoms with E-state index in [-0.39, 0.29) is 34.7 Å². The molecule has 1 aromatic carbocycles. The fraction of sp³-hybridized carbons (Fsp3) is 0.703. The van der Waals surface area contributed by atoms with Crippen molar-refractivity contribution in [2.75, 3.05) is 7.11 Å². The Kier molecular flexibility index (Phi) is 9.61. The molecule has 2 atom stereocenters. The Morgan fingerprint density at radius 3 is 2.21 bits per heavy atom. The lowest BCUT2D eigenvalue weighted by atomic mass is 9.68. The third-order valence-corrected chi connectivity index (χ3v) is 14.9. The Bertz CT molecular complexity index is 1260. The lowest BCUT2D eigenvalue weighted by molar-refractivity contribution is 0.101. The first kappa shape index (κ1) is 33.4. The monoisotopic (exact) mass is 593 g/mol. The Morgan fingerprint density at radius 1 is 1.02 bits per heavy atom. The van der Waals surface area contributed by atoms with E-state index in [1.165, 1.54) is 65.6 Å². The van der Waals surface area contributed by atoms with Gasteiger partial charge in [-0.2, -0.15) is 0 Å².